The molecule has 8 heteroatoms. The van der Waals surface area contributed by atoms with Gasteiger partial charge in [0.1, 0.15) is 13.2 Å². The summed E-state index contributed by atoms with van der Waals surface area (Å²) in [5.41, 5.74) is 0.898. The molecule has 0 spiro atoms. The molecule has 0 aliphatic carbocycles. The summed E-state index contributed by atoms with van der Waals surface area (Å²) in [6.07, 6.45) is 0. The lowest BCUT2D eigenvalue weighted by atomic mass is 9.95. The van der Waals surface area contributed by atoms with Crippen molar-refractivity contribution < 1.29 is 19.2 Å². The van der Waals surface area contributed by atoms with E-state index >= 15 is 0 Å². The highest BCUT2D eigenvalue weighted by Crippen LogP contribution is 2.34. The van der Waals surface area contributed by atoms with Crippen molar-refractivity contribution in [3.8, 4) is 11.5 Å². The fourth-order valence-corrected chi connectivity index (χ4v) is 3.17. The smallest absolute Gasteiger partial charge is 0.270 e. The van der Waals surface area contributed by atoms with Crippen LogP contribution in [0.25, 0.3) is 0 Å². The SMILES string of the molecule is CC(C)[C@H](NC(=O)c1ccc([N+](=O)[O-])cc1Cl)c1ccc2c(c1)OCCO2. The molecule has 1 aliphatic heterocycles. The van der Waals surface area contributed by atoms with Gasteiger partial charge in [-0.05, 0) is 29.7 Å². The quantitative estimate of drug-likeness (QED) is 0.611. The van der Waals surface area contributed by atoms with Gasteiger partial charge in [-0.15, -0.1) is 0 Å². The zero-order valence-electron chi connectivity index (χ0n) is 14.9. The molecular weight excluding hydrogens is 372 g/mol. The van der Waals surface area contributed by atoms with Gasteiger partial charge in [0.25, 0.3) is 11.6 Å². The molecule has 142 valence electrons. The first kappa shape index (κ1) is 19.0. The molecule has 0 saturated heterocycles. The van der Waals surface area contributed by atoms with E-state index in [9.17, 15) is 14.9 Å². The van der Waals surface area contributed by atoms with Crippen molar-refractivity contribution in [2.45, 2.75) is 19.9 Å². The molecule has 0 unspecified atom stereocenters. The van der Waals surface area contributed by atoms with E-state index in [1.54, 1.807) is 0 Å². The number of nitrogens with zero attached hydrogens (tertiary/aromatic N) is 1. The number of nitro groups is 1. The van der Waals surface area contributed by atoms with E-state index < -0.39 is 10.8 Å². The van der Waals surface area contributed by atoms with E-state index in [1.165, 1.54) is 18.2 Å². The maximum Gasteiger partial charge on any atom is 0.270 e. The van der Waals surface area contributed by atoms with E-state index in [1.807, 2.05) is 32.0 Å². The molecule has 1 atom stereocenters. The first-order valence-electron chi connectivity index (χ1n) is 8.51. The Kier molecular flexibility index (Phi) is 5.51. The topological polar surface area (TPSA) is 90.7 Å². The first-order valence-corrected chi connectivity index (χ1v) is 8.89. The molecule has 0 fully saturated rings. The van der Waals surface area contributed by atoms with E-state index in [2.05, 4.69) is 5.32 Å². The first-order chi connectivity index (χ1) is 12.9. The minimum Gasteiger partial charge on any atom is -0.486 e. The number of non-ortho nitro benzene ring substituents is 1. The van der Waals surface area contributed by atoms with Crippen molar-refractivity contribution in [1.82, 2.24) is 5.32 Å². The summed E-state index contributed by atoms with van der Waals surface area (Å²) in [6, 6.07) is 9.06. The maximum absolute atomic E-state index is 12.7. The van der Waals surface area contributed by atoms with Crippen LogP contribution in [-0.4, -0.2) is 24.0 Å². The summed E-state index contributed by atoms with van der Waals surface area (Å²) in [6.45, 7) is 4.96. The second-order valence-corrected chi connectivity index (χ2v) is 6.93. The van der Waals surface area contributed by atoms with Crippen molar-refractivity contribution in [2.24, 2.45) is 5.92 Å². The van der Waals surface area contributed by atoms with Crippen molar-refractivity contribution in [3.05, 3.63) is 62.7 Å². The summed E-state index contributed by atoms with van der Waals surface area (Å²) in [4.78, 5) is 23.0. The van der Waals surface area contributed by atoms with Gasteiger partial charge in [-0.2, -0.15) is 0 Å². The molecule has 0 radical (unpaired) electrons. The Hall–Kier alpha value is -2.80. The monoisotopic (exact) mass is 390 g/mol. The Morgan fingerprint density at radius 3 is 2.48 bits per heavy atom. The number of ether oxygens (including phenoxy) is 2. The lowest BCUT2D eigenvalue weighted by Gasteiger charge is -2.25. The number of halogens is 1. The summed E-state index contributed by atoms with van der Waals surface area (Å²) in [5, 5.41) is 13.8. The van der Waals surface area contributed by atoms with E-state index in [0.717, 1.165) is 5.56 Å². The van der Waals surface area contributed by atoms with Gasteiger partial charge in [-0.3, -0.25) is 14.9 Å². The molecule has 2 aromatic rings. The van der Waals surface area contributed by atoms with Crippen LogP contribution in [0.15, 0.2) is 36.4 Å². The molecule has 27 heavy (non-hydrogen) atoms. The molecule has 3 rings (SSSR count). The summed E-state index contributed by atoms with van der Waals surface area (Å²) >= 11 is 6.07. The number of nitrogens with one attached hydrogen (secondary N) is 1. The summed E-state index contributed by atoms with van der Waals surface area (Å²) in [7, 11) is 0. The van der Waals surface area contributed by atoms with Crippen LogP contribution in [0.2, 0.25) is 5.02 Å². The fourth-order valence-electron chi connectivity index (χ4n) is 2.91. The van der Waals surface area contributed by atoms with Gasteiger partial charge >= 0.3 is 0 Å². The molecule has 2 aromatic carbocycles. The molecule has 0 saturated carbocycles. The third kappa shape index (κ3) is 4.14. The van der Waals surface area contributed by atoms with Gasteiger partial charge in [0.15, 0.2) is 11.5 Å². The van der Waals surface area contributed by atoms with Gasteiger partial charge in [-0.1, -0.05) is 31.5 Å². The molecular formula is C19H19ClN2O5. The molecule has 0 bridgehead atoms. The number of fused-ring (bicyclic) bond motifs is 1. The second-order valence-electron chi connectivity index (χ2n) is 6.52. The van der Waals surface area contributed by atoms with Crippen LogP contribution in [-0.2, 0) is 0 Å². The lowest BCUT2D eigenvalue weighted by molar-refractivity contribution is -0.384. The minimum atomic E-state index is -0.556. The van der Waals surface area contributed by atoms with Crippen molar-refractivity contribution >= 4 is 23.2 Å². The van der Waals surface area contributed by atoms with Crippen LogP contribution in [0.4, 0.5) is 5.69 Å². The van der Waals surface area contributed by atoms with Gasteiger partial charge < -0.3 is 14.8 Å². The maximum atomic E-state index is 12.7. The average Bonchev–Trinajstić information content (AvgIpc) is 2.65. The number of rotatable bonds is 5. The fraction of sp³-hybridized carbons (Fsp3) is 0.316. The number of amides is 1. The molecule has 1 heterocycles. The van der Waals surface area contributed by atoms with Crippen LogP contribution in [0.5, 0.6) is 11.5 Å². The highest BCUT2D eigenvalue weighted by atomic mass is 35.5. The number of carbonyl (C=O) groups is 1. The third-order valence-electron chi connectivity index (χ3n) is 4.29. The molecule has 7 nitrogen and oxygen atoms in total. The average molecular weight is 391 g/mol. The van der Waals surface area contributed by atoms with Crippen molar-refractivity contribution in [3.63, 3.8) is 0 Å². The zero-order valence-corrected chi connectivity index (χ0v) is 15.7. The number of carbonyl (C=O) groups excluding carboxylic acids is 1. The highest BCUT2D eigenvalue weighted by molar-refractivity contribution is 6.34. The van der Waals surface area contributed by atoms with Crippen LogP contribution >= 0.6 is 11.6 Å². The highest BCUT2D eigenvalue weighted by Gasteiger charge is 2.23. The summed E-state index contributed by atoms with van der Waals surface area (Å²) in [5.74, 6) is 1.01. The number of nitro benzene ring substituents is 1. The number of hydrogen-bond acceptors (Lipinski definition) is 5. The minimum absolute atomic E-state index is 0.0337. The van der Waals surface area contributed by atoms with Gasteiger partial charge in [0, 0.05) is 12.1 Å². The molecule has 1 aliphatic rings. The van der Waals surface area contributed by atoms with Crippen LogP contribution < -0.4 is 14.8 Å². The van der Waals surface area contributed by atoms with E-state index in [0.29, 0.717) is 24.7 Å². The van der Waals surface area contributed by atoms with Gasteiger partial charge in [-0.25, -0.2) is 0 Å². The second kappa shape index (κ2) is 7.84. The Morgan fingerprint density at radius 2 is 1.85 bits per heavy atom. The Bertz CT molecular complexity index is 884. The lowest BCUT2D eigenvalue weighted by Crippen LogP contribution is -2.32. The zero-order chi connectivity index (χ0) is 19.6. The van der Waals surface area contributed by atoms with Crippen LogP contribution in [0.1, 0.15) is 35.8 Å². The Morgan fingerprint density at radius 1 is 1.15 bits per heavy atom. The predicted molar refractivity (Wildman–Crippen MR) is 101 cm³/mol. The number of benzene rings is 2. The standard InChI is InChI=1S/C19H19ClN2O5/c1-11(2)18(12-3-6-16-17(9-12)27-8-7-26-16)21-19(23)14-5-4-13(22(24)25)10-15(14)20/h3-6,9-11,18H,7-8H2,1-2H3,(H,21,23)/t18-/m0/s1. The van der Waals surface area contributed by atoms with Crippen LogP contribution in [0.3, 0.4) is 0 Å². The van der Waals surface area contributed by atoms with Crippen molar-refractivity contribution in [2.75, 3.05) is 13.2 Å². The third-order valence-corrected chi connectivity index (χ3v) is 4.60. The van der Waals surface area contributed by atoms with E-state index in [-0.39, 0.29) is 28.2 Å². The Labute approximate surface area is 161 Å². The van der Waals surface area contributed by atoms with Gasteiger partial charge in [0.2, 0.25) is 0 Å². The summed E-state index contributed by atoms with van der Waals surface area (Å²) < 4.78 is 11.1. The molecule has 1 N–H and O–H groups in total. The molecule has 1 amide bonds. The number of hydrogen-bond donors (Lipinski definition) is 1. The molecule has 0 aromatic heterocycles. The van der Waals surface area contributed by atoms with Crippen LogP contribution in [0, 0.1) is 16.0 Å². The van der Waals surface area contributed by atoms with E-state index in [4.69, 9.17) is 21.1 Å². The predicted octanol–water partition coefficient (Wildman–Crippen LogP) is 4.15. The van der Waals surface area contributed by atoms with Crippen molar-refractivity contribution in [1.29, 1.82) is 0 Å². The normalized spacial score (nSPS) is 13.9. The largest absolute Gasteiger partial charge is 0.486 e. The van der Waals surface area contributed by atoms with Gasteiger partial charge in [0.05, 0.1) is 21.6 Å². The Balaban J connectivity index is 1.84.